The molecule has 4 aromatic rings. The fourth-order valence-corrected chi connectivity index (χ4v) is 5.32. The fourth-order valence-electron chi connectivity index (χ4n) is 5.32. The van der Waals surface area contributed by atoms with Crippen LogP contribution >= 0.6 is 0 Å². The van der Waals surface area contributed by atoms with E-state index in [9.17, 15) is 19.1 Å². The van der Waals surface area contributed by atoms with Crippen LogP contribution < -0.4 is 0 Å². The summed E-state index contributed by atoms with van der Waals surface area (Å²) in [5.41, 5.74) is 7.32. The van der Waals surface area contributed by atoms with Crippen LogP contribution in [0.5, 0.6) is 0 Å². The number of aromatic nitrogens is 3. The fraction of sp³-hybridized carbons (Fsp3) is 0.310. The zero-order chi connectivity index (χ0) is 26.3. The monoisotopic (exact) mass is 500 g/mol. The molecular formula is C29H29FN4O3. The second-order valence-electron chi connectivity index (χ2n) is 9.69. The molecule has 5 rings (SSSR count). The van der Waals surface area contributed by atoms with Gasteiger partial charge in [0.05, 0.1) is 17.5 Å². The third-order valence-electron chi connectivity index (χ3n) is 7.32. The molecule has 0 saturated carbocycles. The van der Waals surface area contributed by atoms with Gasteiger partial charge in [-0.05, 0) is 73.2 Å². The Kier molecular flexibility index (Phi) is 6.50. The lowest BCUT2D eigenvalue weighted by Gasteiger charge is -2.30. The minimum atomic E-state index is -0.897. The van der Waals surface area contributed by atoms with Crippen LogP contribution in [0.4, 0.5) is 4.39 Å². The van der Waals surface area contributed by atoms with Gasteiger partial charge in [-0.15, -0.1) is 5.10 Å². The van der Waals surface area contributed by atoms with Gasteiger partial charge < -0.3 is 10.0 Å². The first kappa shape index (κ1) is 24.6. The number of carbonyl (C=O) groups is 2. The first-order chi connectivity index (χ1) is 17.8. The predicted octanol–water partition coefficient (Wildman–Crippen LogP) is 5.01. The van der Waals surface area contributed by atoms with E-state index in [1.807, 2.05) is 55.8 Å². The van der Waals surface area contributed by atoms with Gasteiger partial charge in [0.25, 0.3) is 5.91 Å². The molecule has 1 N–H and O–H groups in total. The van der Waals surface area contributed by atoms with E-state index in [4.69, 9.17) is 0 Å². The van der Waals surface area contributed by atoms with Gasteiger partial charge >= 0.3 is 5.97 Å². The first-order valence-electron chi connectivity index (χ1n) is 12.5. The van der Waals surface area contributed by atoms with Crippen molar-refractivity contribution < 1.29 is 19.1 Å². The van der Waals surface area contributed by atoms with Gasteiger partial charge in [-0.3, -0.25) is 9.59 Å². The van der Waals surface area contributed by atoms with Crippen LogP contribution in [0.2, 0.25) is 0 Å². The van der Waals surface area contributed by atoms with Crippen molar-refractivity contribution in [2.24, 2.45) is 0 Å². The highest BCUT2D eigenvalue weighted by Crippen LogP contribution is 2.35. The van der Waals surface area contributed by atoms with E-state index in [1.165, 1.54) is 6.07 Å². The van der Waals surface area contributed by atoms with Gasteiger partial charge in [-0.1, -0.05) is 41.1 Å². The number of carboxylic acids is 1. The summed E-state index contributed by atoms with van der Waals surface area (Å²) in [6.07, 6.45) is 0.577. The maximum Gasteiger partial charge on any atom is 0.304 e. The highest BCUT2D eigenvalue weighted by atomic mass is 19.1. The van der Waals surface area contributed by atoms with Crippen LogP contribution in [0, 0.1) is 19.7 Å². The molecule has 0 bridgehead atoms. The summed E-state index contributed by atoms with van der Waals surface area (Å²) in [7, 11) is 0. The number of aliphatic carboxylic acids is 1. The van der Waals surface area contributed by atoms with Crippen molar-refractivity contribution >= 4 is 22.9 Å². The maximum atomic E-state index is 14.4. The molecule has 1 atom stereocenters. The number of nitrogens with zero attached hydrogens (tertiary/aromatic N) is 4. The Balaban J connectivity index is 1.50. The van der Waals surface area contributed by atoms with Crippen molar-refractivity contribution in [3.63, 3.8) is 0 Å². The van der Waals surface area contributed by atoms with E-state index in [0.717, 1.165) is 44.4 Å². The molecule has 190 valence electrons. The summed E-state index contributed by atoms with van der Waals surface area (Å²) in [5.74, 6) is -2.15. The number of fused-ring (bicyclic) bond motifs is 2. The minimum Gasteiger partial charge on any atom is -0.481 e. The molecule has 1 amide bonds. The van der Waals surface area contributed by atoms with Crippen LogP contribution in [0.25, 0.3) is 11.0 Å². The quantitative estimate of drug-likeness (QED) is 0.402. The molecule has 0 radical (unpaired) electrons. The Morgan fingerprint density at radius 2 is 1.89 bits per heavy atom. The molecule has 3 aromatic carbocycles. The molecule has 8 heteroatoms. The SMILES string of the molecule is CCn1nnc2c(C)c([C@H](CC(=O)O)c3ccc4c(c3)CN(C(=O)c3cc(C)ccc3F)CC4)ccc21. The summed E-state index contributed by atoms with van der Waals surface area (Å²) < 4.78 is 16.2. The Bertz CT molecular complexity index is 1530. The molecule has 7 nitrogen and oxygen atoms in total. The van der Waals surface area contributed by atoms with Crippen molar-refractivity contribution in [3.05, 3.63) is 93.3 Å². The van der Waals surface area contributed by atoms with Gasteiger partial charge in [0, 0.05) is 25.6 Å². The van der Waals surface area contributed by atoms with Crippen LogP contribution in [-0.4, -0.2) is 43.4 Å². The molecular weight excluding hydrogens is 471 g/mol. The maximum absolute atomic E-state index is 14.4. The lowest BCUT2D eigenvalue weighted by molar-refractivity contribution is -0.137. The number of rotatable bonds is 6. The largest absolute Gasteiger partial charge is 0.481 e. The zero-order valence-corrected chi connectivity index (χ0v) is 21.2. The van der Waals surface area contributed by atoms with E-state index < -0.39 is 11.8 Å². The second-order valence-corrected chi connectivity index (χ2v) is 9.69. The highest BCUT2D eigenvalue weighted by molar-refractivity contribution is 5.94. The summed E-state index contributed by atoms with van der Waals surface area (Å²) in [5, 5.41) is 18.3. The number of hydrogen-bond donors (Lipinski definition) is 1. The van der Waals surface area contributed by atoms with Gasteiger partial charge in [-0.25, -0.2) is 9.07 Å². The third kappa shape index (κ3) is 4.59. The van der Waals surface area contributed by atoms with E-state index >= 15 is 0 Å². The normalized spacial score (nSPS) is 14.0. The van der Waals surface area contributed by atoms with Crippen LogP contribution in [0.3, 0.4) is 0 Å². The molecule has 2 heterocycles. The zero-order valence-electron chi connectivity index (χ0n) is 21.2. The average Bonchev–Trinajstić information content (AvgIpc) is 3.32. The van der Waals surface area contributed by atoms with Crippen molar-refractivity contribution in [1.29, 1.82) is 0 Å². The number of aryl methyl sites for hydroxylation is 3. The Morgan fingerprint density at radius 1 is 1.08 bits per heavy atom. The number of carboxylic acid groups (broad SMARTS) is 1. The highest BCUT2D eigenvalue weighted by Gasteiger charge is 2.27. The van der Waals surface area contributed by atoms with Gasteiger partial charge in [0.15, 0.2) is 0 Å². The number of carbonyl (C=O) groups excluding carboxylic acids is 1. The lowest BCUT2D eigenvalue weighted by atomic mass is 9.83. The van der Waals surface area contributed by atoms with Crippen molar-refractivity contribution in [2.75, 3.05) is 6.54 Å². The molecule has 0 fully saturated rings. The smallest absolute Gasteiger partial charge is 0.304 e. The Labute approximate surface area is 214 Å². The van der Waals surface area contributed by atoms with Crippen LogP contribution in [-0.2, 0) is 24.3 Å². The minimum absolute atomic E-state index is 0.0763. The predicted molar refractivity (Wildman–Crippen MR) is 138 cm³/mol. The van der Waals surface area contributed by atoms with Crippen molar-refractivity contribution in [2.45, 2.75) is 52.6 Å². The van der Waals surface area contributed by atoms with E-state index in [1.54, 1.807) is 17.0 Å². The molecule has 1 aliphatic rings. The lowest BCUT2D eigenvalue weighted by Crippen LogP contribution is -2.36. The number of halogens is 1. The number of hydrogen-bond acceptors (Lipinski definition) is 4. The molecule has 1 aromatic heterocycles. The van der Waals surface area contributed by atoms with Crippen molar-refractivity contribution in [3.8, 4) is 0 Å². The van der Waals surface area contributed by atoms with Gasteiger partial charge in [0.2, 0.25) is 0 Å². The van der Waals surface area contributed by atoms with E-state index in [-0.39, 0.29) is 23.8 Å². The number of amides is 1. The molecule has 0 aliphatic carbocycles. The number of benzene rings is 3. The van der Waals surface area contributed by atoms with E-state index in [2.05, 4.69) is 10.3 Å². The van der Waals surface area contributed by atoms with Crippen molar-refractivity contribution in [1.82, 2.24) is 19.9 Å². The van der Waals surface area contributed by atoms with E-state index in [0.29, 0.717) is 26.1 Å². The third-order valence-corrected chi connectivity index (χ3v) is 7.32. The summed E-state index contributed by atoms with van der Waals surface area (Å²) >= 11 is 0. The standard InChI is InChI=1S/C29H29FN4O3/c1-4-34-26-10-8-22(18(3)28(26)31-32-34)23(15-27(35)36)20-7-6-19-11-12-33(16-21(19)14-20)29(37)24-13-17(2)5-9-25(24)30/h5-10,13-14,23H,4,11-12,15-16H2,1-3H3,(H,35,36)/t23-/m1/s1. The molecule has 0 saturated heterocycles. The summed E-state index contributed by atoms with van der Waals surface area (Å²) in [4.78, 5) is 26.7. The summed E-state index contributed by atoms with van der Waals surface area (Å²) in [6, 6.07) is 14.5. The van der Waals surface area contributed by atoms with Gasteiger partial charge in [0.1, 0.15) is 11.3 Å². The molecule has 0 spiro atoms. The Morgan fingerprint density at radius 3 is 2.65 bits per heavy atom. The summed E-state index contributed by atoms with van der Waals surface area (Å²) in [6.45, 7) is 7.33. The first-order valence-corrected chi connectivity index (χ1v) is 12.5. The molecule has 0 unspecified atom stereocenters. The second kappa shape index (κ2) is 9.76. The molecule has 37 heavy (non-hydrogen) atoms. The van der Waals surface area contributed by atoms with Crippen LogP contribution in [0.15, 0.2) is 48.5 Å². The van der Waals surface area contributed by atoms with Crippen LogP contribution in [0.1, 0.15) is 63.0 Å². The average molecular weight is 501 g/mol. The topological polar surface area (TPSA) is 88.3 Å². The molecule has 1 aliphatic heterocycles. The van der Waals surface area contributed by atoms with Gasteiger partial charge in [-0.2, -0.15) is 0 Å². The Hall–Kier alpha value is -4.07.